The zero-order chi connectivity index (χ0) is 16.9. The second-order valence-corrected chi connectivity index (χ2v) is 6.05. The van der Waals surface area contributed by atoms with Crippen molar-refractivity contribution in [3.05, 3.63) is 76.8 Å². The van der Waals surface area contributed by atoms with Crippen LogP contribution in [0.1, 0.15) is 10.4 Å². The molecule has 5 nitrogen and oxygen atoms in total. The number of anilines is 3. The van der Waals surface area contributed by atoms with Gasteiger partial charge in [-0.15, -0.1) is 10.2 Å². The van der Waals surface area contributed by atoms with Crippen molar-refractivity contribution in [1.29, 1.82) is 0 Å². The van der Waals surface area contributed by atoms with E-state index in [1.54, 1.807) is 18.2 Å². The summed E-state index contributed by atoms with van der Waals surface area (Å²) in [5, 5.41) is 11.0. The summed E-state index contributed by atoms with van der Waals surface area (Å²) in [6, 6.07) is 20.6. The van der Waals surface area contributed by atoms with Gasteiger partial charge >= 0.3 is 0 Å². The van der Waals surface area contributed by atoms with Gasteiger partial charge in [0.2, 0.25) is 0 Å². The van der Waals surface area contributed by atoms with Crippen molar-refractivity contribution < 1.29 is 4.79 Å². The van der Waals surface area contributed by atoms with Gasteiger partial charge in [-0.1, -0.05) is 40.2 Å². The molecular formula is C18H15BrN4O. The van der Waals surface area contributed by atoms with Gasteiger partial charge in [-0.25, -0.2) is 0 Å². The number of para-hydroxylation sites is 1. The van der Waals surface area contributed by atoms with Crippen LogP contribution in [-0.2, 0) is 0 Å². The molecule has 0 bridgehead atoms. The van der Waals surface area contributed by atoms with E-state index < -0.39 is 0 Å². The van der Waals surface area contributed by atoms with Gasteiger partial charge in [0.25, 0.3) is 5.91 Å². The fourth-order valence-corrected chi connectivity index (χ4v) is 2.57. The Morgan fingerprint density at radius 1 is 1.00 bits per heavy atom. The van der Waals surface area contributed by atoms with Gasteiger partial charge in [-0.3, -0.25) is 4.79 Å². The molecule has 2 aromatic carbocycles. The van der Waals surface area contributed by atoms with E-state index in [9.17, 15) is 4.79 Å². The maximum atomic E-state index is 12.2. The van der Waals surface area contributed by atoms with Crippen LogP contribution >= 0.6 is 15.9 Å². The third kappa shape index (κ3) is 3.78. The van der Waals surface area contributed by atoms with Crippen molar-refractivity contribution in [3.8, 4) is 0 Å². The Kier molecular flexibility index (Phi) is 4.86. The second kappa shape index (κ2) is 7.23. The molecule has 1 amide bonds. The number of rotatable bonds is 4. The minimum atomic E-state index is -0.227. The van der Waals surface area contributed by atoms with E-state index in [0.717, 1.165) is 10.2 Å². The maximum absolute atomic E-state index is 12.2. The van der Waals surface area contributed by atoms with Gasteiger partial charge in [0.1, 0.15) is 0 Å². The first-order valence-corrected chi connectivity index (χ1v) is 8.12. The number of nitrogens with zero attached hydrogens (tertiary/aromatic N) is 3. The third-order valence-corrected chi connectivity index (χ3v) is 3.96. The first-order chi connectivity index (χ1) is 11.6. The van der Waals surface area contributed by atoms with Crippen molar-refractivity contribution in [2.75, 3.05) is 17.3 Å². The van der Waals surface area contributed by atoms with E-state index in [0.29, 0.717) is 17.2 Å². The van der Waals surface area contributed by atoms with Crippen molar-refractivity contribution in [1.82, 2.24) is 10.2 Å². The van der Waals surface area contributed by atoms with E-state index in [4.69, 9.17) is 0 Å². The van der Waals surface area contributed by atoms with Crippen LogP contribution in [0.5, 0.6) is 0 Å². The number of halogens is 1. The average molecular weight is 383 g/mol. The Morgan fingerprint density at radius 2 is 1.79 bits per heavy atom. The summed E-state index contributed by atoms with van der Waals surface area (Å²) >= 11 is 3.35. The number of carbonyl (C=O) groups is 1. The lowest BCUT2D eigenvalue weighted by Crippen LogP contribution is -2.15. The Morgan fingerprint density at radius 3 is 2.46 bits per heavy atom. The van der Waals surface area contributed by atoms with Crippen LogP contribution in [-0.4, -0.2) is 23.2 Å². The van der Waals surface area contributed by atoms with Crippen LogP contribution in [0.15, 0.2) is 71.2 Å². The molecule has 1 heterocycles. The van der Waals surface area contributed by atoms with E-state index >= 15 is 0 Å². The van der Waals surface area contributed by atoms with Crippen molar-refractivity contribution in [2.45, 2.75) is 0 Å². The lowest BCUT2D eigenvalue weighted by atomic mass is 10.2. The maximum Gasteiger partial charge on any atom is 0.256 e. The zero-order valence-corrected chi connectivity index (χ0v) is 14.6. The highest BCUT2D eigenvalue weighted by atomic mass is 79.9. The number of carbonyl (C=O) groups excluding carboxylic acids is 1. The summed E-state index contributed by atoms with van der Waals surface area (Å²) in [7, 11) is 1.92. The monoisotopic (exact) mass is 382 g/mol. The average Bonchev–Trinajstić information content (AvgIpc) is 2.62. The molecule has 0 atom stereocenters. The predicted octanol–water partition coefficient (Wildman–Crippen LogP) is 4.26. The molecule has 0 unspecified atom stereocenters. The lowest BCUT2D eigenvalue weighted by Gasteiger charge is -2.17. The first-order valence-electron chi connectivity index (χ1n) is 7.33. The summed E-state index contributed by atoms with van der Waals surface area (Å²) in [5.41, 5.74) is 1.56. The van der Waals surface area contributed by atoms with Crippen LogP contribution in [0.2, 0.25) is 0 Å². The van der Waals surface area contributed by atoms with Crippen LogP contribution < -0.4 is 10.2 Å². The van der Waals surface area contributed by atoms with Gasteiger partial charge in [0.15, 0.2) is 11.6 Å². The van der Waals surface area contributed by atoms with Crippen molar-refractivity contribution >= 4 is 39.2 Å². The molecule has 24 heavy (non-hydrogen) atoms. The van der Waals surface area contributed by atoms with Gasteiger partial charge < -0.3 is 10.2 Å². The fourth-order valence-electron chi connectivity index (χ4n) is 2.17. The highest BCUT2D eigenvalue weighted by Crippen LogP contribution is 2.21. The van der Waals surface area contributed by atoms with E-state index in [-0.39, 0.29) is 5.91 Å². The molecule has 0 aliphatic heterocycles. The number of aromatic nitrogens is 2. The van der Waals surface area contributed by atoms with Gasteiger partial charge in [0, 0.05) is 22.8 Å². The summed E-state index contributed by atoms with van der Waals surface area (Å²) in [6.45, 7) is 0. The Balaban J connectivity index is 1.72. The summed E-state index contributed by atoms with van der Waals surface area (Å²) < 4.78 is 0.848. The normalized spacial score (nSPS) is 10.2. The molecule has 3 aromatic rings. The van der Waals surface area contributed by atoms with Crippen molar-refractivity contribution in [2.24, 2.45) is 0 Å². The van der Waals surface area contributed by atoms with E-state index in [2.05, 4.69) is 31.4 Å². The molecular weight excluding hydrogens is 368 g/mol. The lowest BCUT2D eigenvalue weighted by molar-refractivity contribution is 0.102. The highest BCUT2D eigenvalue weighted by Gasteiger charge is 2.09. The number of hydrogen-bond acceptors (Lipinski definition) is 4. The fraction of sp³-hybridized carbons (Fsp3) is 0.0556. The minimum Gasteiger partial charge on any atom is -0.328 e. The molecule has 1 N–H and O–H groups in total. The van der Waals surface area contributed by atoms with Gasteiger partial charge in [-0.2, -0.15) is 0 Å². The van der Waals surface area contributed by atoms with Gasteiger partial charge in [0.05, 0.1) is 0 Å². The molecule has 0 aliphatic rings. The van der Waals surface area contributed by atoms with Crippen molar-refractivity contribution in [3.63, 3.8) is 0 Å². The third-order valence-electron chi connectivity index (χ3n) is 3.47. The largest absolute Gasteiger partial charge is 0.328 e. The number of amides is 1. The molecule has 1 aromatic heterocycles. The Hall–Kier alpha value is -2.73. The molecule has 120 valence electrons. The molecule has 3 rings (SSSR count). The van der Waals surface area contributed by atoms with Crippen LogP contribution in [0.25, 0.3) is 0 Å². The summed E-state index contributed by atoms with van der Waals surface area (Å²) in [4.78, 5) is 14.1. The number of nitrogens with one attached hydrogen (secondary N) is 1. The number of hydrogen-bond donors (Lipinski definition) is 1. The quantitative estimate of drug-likeness (QED) is 0.732. The Labute approximate surface area is 148 Å². The SMILES string of the molecule is CN(c1ccccc1)c1ccc(NC(=O)c2cccc(Br)c2)nn1. The molecule has 0 saturated carbocycles. The second-order valence-electron chi connectivity index (χ2n) is 5.14. The molecule has 0 spiro atoms. The first kappa shape index (κ1) is 16.1. The Bertz CT molecular complexity index is 837. The predicted molar refractivity (Wildman–Crippen MR) is 98.6 cm³/mol. The zero-order valence-electron chi connectivity index (χ0n) is 13.0. The molecule has 0 fully saturated rings. The van der Waals surface area contributed by atoms with Gasteiger partial charge in [-0.05, 0) is 42.5 Å². The standard InChI is InChI=1S/C18H15BrN4O/c1-23(15-8-3-2-4-9-15)17-11-10-16(21-22-17)20-18(24)13-6-5-7-14(19)12-13/h2-12H,1H3,(H,20,21,24). The number of benzene rings is 2. The minimum absolute atomic E-state index is 0.227. The molecule has 0 radical (unpaired) electrons. The van der Waals surface area contributed by atoms with E-state index in [1.807, 2.05) is 60.5 Å². The van der Waals surface area contributed by atoms with Crippen LogP contribution in [0.4, 0.5) is 17.3 Å². The molecule has 0 aliphatic carbocycles. The molecule has 0 saturated heterocycles. The topological polar surface area (TPSA) is 58.1 Å². The van der Waals surface area contributed by atoms with Crippen LogP contribution in [0, 0.1) is 0 Å². The highest BCUT2D eigenvalue weighted by molar-refractivity contribution is 9.10. The molecule has 6 heteroatoms. The van der Waals surface area contributed by atoms with Crippen LogP contribution in [0.3, 0.4) is 0 Å². The summed E-state index contributed by atoms with van der Waals surface area (Å²) in [5.74, 6) is 0.876. The van der Waals surface area contributed by atoms with E-state index in [1.165, 1.54) is 0 Å². The smallest absolute Gasteiger partial charge is 0.256 e. The summed E-state index contributed by atoms with van der Waals surface area (Å²) in [6.07, 6.45) is 0.